The lowest BCUT2D eigenvalue weighted by atomic mass is 10.1. The Morgan fingerprint density at radius 2 is 1.69 bits per heavy atom. The second-order valence-electron chi connectivity index (χ2n) is 6.89. The van der Waals surface area contributed by atoms with Crippen LogP contribution in [0.2, 0.25) is 5.02 Å². The third kappa shape index (κ3) is 4.76. The van der Waals surface area contributed by atoms with E-state index in [-0.39, 0.29) is 23.5 Å². The third-order valence-electron chi connectivity index (χ3n) is 4.66. The van der Waals surface area contributed by atoms with E-state index in [2.05, 4.69) is 5.32 Å². The lowest BCUT2D eigenvalue weighted by Crippen LogP contribution is -2.22. The molecule has 0 fully saturated rings. The first-order chi connectivity index (χ1) is 15.5. The van der Waals surface area contributed by atoms with Gasteiger partial charge < -0.3 is 19.2 Å². The predicted octanol–water partition coefficient (Wildman–Crippen LogP) is 5.53. The molecular weight excluding hydrogens is 430 g/mol. The SMILES string of the molecule is CCOc1ccc(NC(=O)COc2c(-c3ccc(Cl)cc3)oc3ccccc3c2=O)cc1. The molecule has 1 amide bonds. The van der Waals surface area contributed by atoms with Crippen molar-refractivity contribution in [3.8, 4) is 22.8 Å². The Morgan fingerprint density at radius 1 is 0.969 bits per heavy atom. The molecule has 1 heterocycles. The van der Waals surface area contributed by atoms with Crippen LogP contribution in [-0.4, -0.2) is 19.1 Å². The van der Waals surface area contributed by atoms with Gasteiger partial charge in [0.2, 0.25) is 11.2 Å². The van der Waals surface area contributed by atoms with Gasteiger partial charge in [-0.15, -0.1) is 0 Å². The summed E-state index contributed by atoms with van der Waals surface area (Å²) < 4.78 is 17.0. The number of carbonyl (C=O) groups is 1. The molecule has 1 N–H and O–H groups in total. The van der Waals surface area contributed by atoms with Crippen molar-refractivity contribution in [2.75, 3.05) is 18.5 Å². The maximum atomic E-state index is 13.1. The van der Waals surface area contributed by atoms with Gasteiger partial charge in [0.15, 0.2) is 12.4 Å². The molecule has 0 saturated carbocycles. The van der Waals surface area contributed by atoms with Gasteiger partial charge in [0, 0.05) is 16.3 Å². The van der Waals surface area contributed by atoms with Crippen LogP contribution in [0.15, 0.2) is 82.0 Å². The van der Waals surface area contributed by atoms with Crippen molar-refractivity contribution in [3.05, 3.63) is 88.0 Å². The van der Waals surface area contributed by atoms with Crippen LogP contribution in [0, 0.1) is 0 Å². The highest BCUT2D eigenvalue weighted by atomic mass is 35.5. The number of amides is 1. The second-order valence-corrected chi connectivity index (χ2v) is 7.32. The fourth-order valence-electron chi connectivity index (χ4n) is 3.18. The van der Waals surface area contributed by atoms with Crippen LogP contribution in [-0.2, 0) is 4.79 Å². The summed E-state index contributed by atoms with van der Waals surface area (Å²) in [4.78, 5) is 25.5. The fraction of sp³-hybridized carbons (Fsp3) is 0.120. The van der Waals surface area contributed by atoms with Crippen LogP contribution in [0.1, 0.15) is 6.92 Å². The zero-order valence-electron chi connectivity index (χ0n) is 17.3. The molecule has 0 aliphatic rings. The van der Waals surface area contributed by atoms with Crippen molar-refractivity contribution in [1.82, 2.24) is 0 Å². The Morgan fingerprint density at radius 3 is 2.41 bits per heavy atom. The zero-order chi connectivity index (χ0) is 22.5. The Balaban J connectivity index is 1.59. The lowest BCUT2D eigenvalue weighted by Gasteiger charge is -2.12. The number of hydrogen-bond donors (Lipinski definition) is 1. The molecule has 3 aromatic carbocycles. The quantitative estimate of drug-likeness (QED) is 0.401. The molecule has 4 rings (SSSR count). The topological polar surface area (TPSA) is 77.8 Å². The van der Waals surface area contributed by atoms with E-state index >= 15 is 0 Å². The minimum absolute atomic E-state index is 0.0344. The number of anilines is 1. The molecule has 7 heteroatoms. The number of para-hydroxylation sites is 1. The van der Waals surface area contributed by atoms with Gasteiger partial charge in [0.05, 0.1) is 12.0 Å². The van der Waals surface area contributed by atoms with Crippen LogP contribution < -0.4 is 20.2 Å². The number of benzene rings is 3. The smallest absolute Gasteiger partial charge is 0.262 e. The first kappa shape index (κ1) is 21.5. The highest BCUT2D eigenvalue weighted by Gasteiger charge is 2.19. The Bertz CT molecular complexity index is 1300. The van der Waals surface area contributed by atoms with Gasteiger partial charge in [-0.1, -0.05) is 23.7 Å². The number of rotatable bonds is 7. The van der Waals surface area contributed by atoms with Gasteiger partial charge in [-0.25, -0.2) is 0 Å². The largest absolute Gasteiger partial charge is 0.494 e. The average Bonchev–Trinajstić information content (AvgIpc) is 2.80. The molecule has 0 radical (unpaired) electrons. The first-order valence-electron chi connectivity index (χ1n) is 10.0. The van der Waals surface area contributed by atoms with Crippen molar-refractivity contribution in [1.29, 1.82) is 0 Å². The van der Waals surface area contributed by atoms with Crippen LogP contribution in [0.3, 0.4) is 0 Å². The molecule has 0 unspecified atom stereocenters. The van der Waals surface area contributed by atoms with Crippen LogP contribution >= 0.6 is 11.6 Å². The maximum Gasteiger partial charge on any atom is 0.262 e. The van der Waals surface area contributed by atoms with Crippen LogP contribution in [0.25, 0.3) is 22.3 Å². The minimum Gasteiger partial charge on any atom is -0.494 e. The number of nitrogens with one attached hydrogen (secondary N) is 1. The standard InChI is InChI=1S/C25H20ClNO5/c1-2-30-19-13-11-18(12-14-19)27-22(28)15-31-25-23(29)20-5-3-4-6-21(20)32-24(25)16-7-9-17(26)10-8-16/h3-14H,2,15H2,1H3,(H,27,28). The number of halogens is 1. The lowest BCUT2D eigenvalue weighted by molar-refractivity contribution is -0.118. The Labute approximate surface area is 189 Å². The van der Waals surface area contributed by atoms with Crippen molar-refractivity contribution in [3.63, 3.8) is 0 Å². The van der Waals surface area contributed by atoms with Crippen LogP contribution in [0.5, 0.6) is 11.5 Å². The van der Waals surface area contributed by atoms with Gasteiger partial charge in [-0.2, -0.15) is 0 Å². The fourth-order valence-corrected chi connectivity index (χ4v) is 3.31. The summed E-state index contributed by atoms with van der Waals surface area (Å²) in [6.07, 6.45) is 0. The Kier molecular flexibility index (Phi) is 6.42. The van der Waals surface area contributed by atoms with Gasteiger partial charge in [0.25, 0.3) is 5.91 Å². The molecule has 0 atom stereocenters. The summed E-state index contributed by atoms with van der Waals surface area (Å²) in [5.74, 6) is 0.499. The van der Waals surface area contributed by atoms with E-state index < -0.39 is 5.91 Å². The summed E-state index contributed by atoms with van der Waals surface area (Å²) in [5.41, 5.74) is 1.27. The number of fused-ring (bicyclic) bond motifs is 1. The summed E-state index contributed by atoms with van der Waals surface area (Å²) >= 11 is 5.99. The third-order valence-corrected chi connectivity index (χ3v) is 4.91. The number of ether oxygens (including phenoxy) is 2. The maximum absolute atomic E-state index is 13.1. The van der Waals surface area contributed by atoms with Crippen LogP contribution in [0.4, 0.5) is 5.69 Å². The molecule has 1 aromatic heterocycles. The van der Waals surface area contributed by atoms with E-state index in [0.29, 0.717) is 39.6 Å². The zero-order valence-corrected chi connectivity index (χ0v) is 18.0. The van der Waals surface area contributed by atoms with Gasteiger partial charge >= 0.3 is 0 Å². The molecular formula is C25H20ClNO5. The van der Waals surface area contributed by atoms with Crippen molar-refractivity contribution >= 4 is 34.2 Å². The molecule has 6 nitrogen and oxygen atoms in total. The monoisotopic (exact) mass is 449 g/mol. The summed E-state index contributed by atoms with van der Waals surface area (Å²) in [7, 11) is 0. The summed E-state index contributed by atoms with van der Waals surface area (Å²) in [5, 5.41) is 3.65. The Hall–Kier alpha value is -3.77. The van der Waals surface area contributed by atoms with Crippen molar-refractivity contribution in [2.45, 2.75) is 6.92 Å². The van der Waals surface area contributed by atoms with Gasteiger partial charge in [-0.3, -0.25) is 9.59 Å². The molecule has 162 valence electrons. The highest BCUT2D eigenvalue weighted by molar-refractivity contribution is 6.30. The average molecular weight is 450 g/mol. The van der Waals surface area contributed by atoms with E-state index in [0.717, 1.165) is 0 Å². The second kappa shape index (κ2) is 9.58. The normalized spacial score (nSPS) is 10.7. The summed E-state index contributed by atoms with van der Waals surface area (Å²) in [6.45, 7) is 2.09. The molecule has 0 aliphatic carbocycles. The van der Waals surface area contributed by atoms with Crippen molar-refractivity contribution < 1.29 is 18.7 Å². The summed E-state index contributed by atoms with van der Waals surface area (Å²) in [6, 6.07) is 20.7. The van der Waals surface area contributed by atoms with E-state index in [1.807, 2.05) is 6.92 Å². The highest BCUT2D eigenvalue weighted by Crippen LogP contribution is 2.31. The van der Waals surface area contributed by atoms with Gasteiger partial charge in [0.1, 0.15) is 11.3 Å². The number of carbonyl (C=O) groups excluding carboxylic acids is 1. The number of hydrogen-bond acceptors (Lipinski definition) is 5. The molecule has 0 bridgehead atoms. The van der Waals surface area contributed by atoms with Gasteiger partial charge in [-0.05, 0) is 67.6 Å². The van der Waals surface area contributed by atoms with E-state index in [1.54, 1.807) is 72.8 Å². The van der Waals surface area contributed by atoms with Crippen molar-refractivity contribution in [2.24, 2.45) is 0 Å². The van der Waals surface area contributed by atoms with E-state index in [4.69, 9.17) is 25.5 Å². The molecule has 0 saturated heterocycles. The molecule has 0 aliphatic heterocycles. The predicted molar refractivity (Wildman–Crippen MR) is 125 cm³/mol. The van der Waals surface area contributed by atoms with E-state index in [9.17, 15) is 9.59 Å². The molecule has 0 spiro atoms. The molecule has 32 heavy (non-hydrogen) atoms. The van der Waals surface area contributed by atoms with E-state index in [1.165, 1.54) is 0 Å². The first-order valence-corrected chi connectivity index (χ1v) is 10.4. The molecule has 4 aromatic rings. The minimum atomic E-state index is -0.413.